The molecule has 2 unspecified atom stereocenters. The standard InChI is InChI=1S/C7H13NO2/c1-5-3-6(5)4-8-7(9)10-2/h5-6H,3-4H2,1-2H3,(H,8,9). The van der Waals surface area contributed by atoms with Gasteiger partial charge in [-0.2, -0.15) is 0 Å². The van der Waals surface area contributed by atoms with E-state index in [1.807, 2.05) is 0 Å². The highest BCUT2D eigenvalue weighted by molar-refractivity contribution is 5.66. The van der Waals surface area contributed by atoms with Crippen LogP contribution in [0, 0.1) is 11.8 Å². The number of carbonyl (C=O) groups excluding carboxylic acids is 1. The zero-order chi connectivity index (χ0) is 7.56. The van der Waals surface area contributed by atoms with Crippen molar-refractivity contribution in [2.24, 2.45) is 11.8 Å². The van der Waals surface area contributed by atoms with Crippen molar-refractivity contribution in [3.05, 3.63) is 0 Å². The van der Waals surface area contributed by atoms with Gasteiger partial charge in [0.1, 0.15) is 0 Å². The first-order valence-corrected chi connectivity index (χ1v) is 3.56. The molecule has 0 saturated heterocycles. The highest BCUT2D eigenvalue weighted by Gasteiger charge is 2.32. The van der Waals surface area contributed by atoms with Crippen LogP contribution in [0.3, 0.4) is 0 Å². The number of rotatable bonds is 2. The molecule has 1 saturated carbocycles. The van der Waals surface area contributed by atoms with Crippen LogP contribution in [-0.4, -0.2) is 19.7 Å². The van der Waals surface area contributed by atoms with Crippen LogP contribution >= 0.6 is 0 Å². The van der Waals surface area contributed by atoms with Gasteiger partial charge >= 0.3 is 6.09 Å². The molecule has 2 atom stereocenters. The minimum Gasteiger partial charge on any atom is -0.453 e. The molecular weight excluding hydrogens is 130 g/mol. The van der Waals surface area contributed by atoms with Crippen LogP contribution < -0.4 is 5.32 Å². The Morgan fingerprint density at radius 2 is 2.40 bits per heavy atom. The Bertz CT molecular complexity index is 136. The first-order chi connectivity index (χ1) is 4.74. The maximum Gasteiger partial charge on any atom is 0.406 e. The Labute approximate surface area is 60.7 Å². The second kappa shape index (κ2) is 2.90. The quantitative estimate of drug-likeness (QED) is 0.626. The maximum absolute atomic E-state index is 10.5. The lowest BCUT2D eigenvalue weighted by molar-refractivity contribution is 0.170. The summed E-state index contributed by atoms with van der Waals surface area (Å²) in [6.45, 7) is 2.96. The molecule has 0 aromatic rings. The largest absolute Gasteiger partial charge is 0.453 e. The zero-order valence-electron chi connectivity index (χ0n) is 6.39. The summed E-state index contributed by atoms with van der Waals surface area (Å²) in [7, 11) is 1.38. The summed E-state index contributed by atoms with van der Waals surface area (Å²) in [6, 6.07) is 0. The van der Waals surface area contributed by atoms with E-state index in [1.54, 1.807) is 0 Å². The van der Waals surface area contributed by atoms with Crippen molar-refractivity contribution in [3.63, 3.8) is 0 Å². The van der Waals surface area contributed by atoms with Crippen LogP contribution in [-0.2, 0) is 4.74 Å². The molecule has 58 valence electrons. The van der Waals surface area contributed by atoms with E-state index in [1.165, 1.54) is 13.5 Å². The predicted molar refractivity (Wildman–Crippen MR) is 37.7 cm³/mol. The third kappa shape index (κ3) is 1.90. The molecule has 1 amide bonds. The number of nitrogens with one attached hydrogen (secondary N) is 1. The molecule has 0 aliphatic heterocycles. The molecule has 0 radical (unpaired) electrons. The monoisotopic (exact) mass is 143 g/mol. The van der Waals surface area contributed by atoms with Crippen molar-refractivity contribution in [2.45, 2.75) is 13.3 Å². The number of ether oxygens (including phenoxy) is 1. The number of hydrogen-bond acceptors (Lipinski definition) is 2. The van der Waals surface area contributed by atoms with Gasteiger partial charge in [-0.3, -0.25) is 0 Å². The fraction of sp³-hybridized carbons (Fsp3) is 0.857. The summed E-state index contributed by atoms with van der Waals surface area (Å²) in [5.41, 5.74) is 0. The lowest BCUT2D eigenvalue weighted by Gasteiger charge is -2.00. The summed E-state index contributed by atoms with van der Waals surface area (Å²) in [5.74, 6) is 1.48. The first-order valence-electron chi connectivity index (χ1n) is 3.56. The van der Waals surface area contributed by atoms with Crippen molar-refractivity contribution in [3.8, 4) is 0 Å². The minimum atomic E-state index is -0.320. The molecule has 0 aromatic carbocycles. The average Bonchev–Trinajstić information content (AvgIpc) is 2.61. The molecule has 1 fully saturated rings. The Hall–Kier alpha value is -0.730. The van der Waals surface area contributed by atoms with Gasteiger partial charge in [0, 0.05) is 6.54 Å². The summed E-state index contributed by atoms with van der Waals surface area (Å²) in [5, 5.41) is 2.66. The number of hydrogen-bond donors (Lipinski definition) is 1. The summed E-state index contributed by atoms with van der Waals surface area (Å²) < 4.78 is 4.41. The fourth-order valence-electron chi connectivity index (χ4n) is 0.970. The van der Waals surface area contributed by atoms with Gasteiger partial charge in [-0.15, -0.1) is 0 Å². The van der Waals surface area contributed by atoms with E-state index in [2.05, 4.69) is 17.0 Å². The van der Waals surface area contributed by atoms with Crippen molar-refractivity contribution in [1.29, 1.82) is 0 Å². The van der Waals surface area contributed by atoms with Crippen molar-refractivity contribution in [2.75, 3.05) is 13.7 Å². The Balaban J connectivity index is 2.00. The van der Waals surface area contributed by atoms with Crippen molar-refractivity contribution < 1.29 is 9.53 Å². The van der Waals surface area contributed by atoms with E-state index in [4.69, 9.17) is 0 Å². The molecule has 1 aliphatic carbocycles. The average molecular weight is 143 g/mol. The Kier molecular flexibility index (Phi) is 2.14. The molecule has 0 spiro atoms. The van der Waals surface area contributed by atoms with E-state index in [0.29, 0.717) is 5.92 Å². The molecule has 1 rings (SSSR count). The maximum atomic E-state index is 10.5. The summed E-state index contributed by atoms with van der Waals surface area (Å²) >= 11 is 0. The molecule has 1 aliphatic rings. The van der Waals surface area contributed by atoms with Crippen LogP contribution in [0.2, 0.25) is 0 Å². The highest BCUT2D eigenvalue weighted by Crippen LogP contribution is 2.36. The molecule has 0 bridgehead atoms. The number of carbonyl (C=O) groups is 1. The zero-order valence-corrected chi connectivity index (χ0v) is 6.39. The van der Waals surface area contributed by atoms with Gasteiger partial charge in [0.2, 0.25) is 0 Å². The van der Waals surface area contributed by atoms with Gasteiger partial charge in [-0.05, 0) is 18.3 Å². The van der Waals surface area contributed by atoms with Crippen LogP contribution in [0.5, 0.6) is 0 Å². The molecule has 3 nitrogen and oxygen atoms in total. The third-order valence-corrected chi connectivity index (χ3v) is 1.97. The number of methoxy groups -OCH3 is 1. The summed E-state index contributed by atoms with van der Waals surface area (Å²) in [6.07, 6.45) is 0.920. The topological polar surface area (TPSA) is 38.3 Å². The SMILES string of the molecule is COC(=O)NCC1CC1C. The lowest BCUT2D eigenvalue weighted by atomic mass is 10.3. The molecule has 1 N–H and O–H groups in total. The first kappa shape index (κ1) is 7.38. The second-order valence-corrected chi connectivity index (χ2v) is 2.85. The van der Waals surface area contributed by atoms with Gasteiger partial charge in [0.15, 0.2) is 0 Å². The van der Waals surface area contributed by atoms with Crippen molar-refractivity contribution in [1.82, 2.24) is 5.32 Å². The molecule has 0 heterocycles. The van der Waals surface area contributed by atoms with Gasteiger partial charge in [-0.25, -0.2) is 4.79 Å². The normalized spacial score (nSPS) is 29.4. The van der Waals surface area contributed by atoms with Gasteiger partial charge in [0.25, 0.3) is 0 Å². The van der Waals surface area contributed by atoms with E-state index < -0.39 is 0 Å². The van der Waals surface area contributed by atoms with E-state index in [0.717, 1.165) is 12.5 Å². The molecular formula is C7H13NO2. The number of alkyl carbamates (subject to hydrolysis) is 1. The van der Waals surface area contributed by atoms with Gasteiger partial charge < -0.3 is 10.1 Å². The van der Waals surface area contributed by atoms with Crippen molar-refractivity contribution >= 4 is 6.09 Å². The predicted octanol–water partition coefficient (Wildman–Crippen LogP) is 0.998. The van der Waals surface area contributed by atoms with E-state index in [-0.39, 0.29) is 6.09 Å². The van der Waals surface area contributed by atoms with E-state index >= 15 is 0 Å². The fourth-order valence-corrected chi connectivity index (χ4v) is 0.970. The highest BCUT2D eigenvalue weighted by atomic mass is 16.5. The van der Waals surface area contributed by atoms with Gasteiger partial charge in [-0.1, -0.05) is 6.92 Å². The minimum absolute atomic E-state index is 0.320. The third-order valence-electron chi connectivity index (χ3n) is 1.97. The number of amides is 1. The Morgan fingerprint density at radius 1 is 1.80 bits per heavy atom. The van der Waals surface area contributed by atoms with Crippen LogP contribution in [0.1, 0.15) is 13.3 Å². The van der Waals surface area contributed by atoms with Gasteiger partial charge in [0.05, 0.1) is 7.11 Å². The van der Waals surface area contributed by atoms with Crippen LogP contribution in [0.15, 0.2) is 0 Å². The molecule has 0 aromatic heterocycles. The Morgan fingerprint density at radius 3 is 2.80 bits per heavy atom. The lowest BCUT2D eigenvalue weighted by Crippen LogP contribution is -2.25. The van der Waals surface area contributed by atoms with E-state index in [9.17, 15) is 4.79 Å². The second-order valence-electron chi connectivity index (χ2n) is 2.85. The smallest absolute Gasteiger partial charge is 0.406 e. The summed E-state index contributed by atoms with van der Waals surface area (Å²) in [4.78, 5) is 10.5. The van der Waals surface area contributed by atoms with Crippen LogP contribution in [0.4, 0.5) is 4.79 Å². The van der Waals surface area contributed by atoms with Crippen LogP contribution in [0.25, 0.3) is 0 Å². The molecule has 3 heteroatoms. The molecule has 10 heavy (non-hydrogen) atoms.